The van der Waals surface area contributed by atoms with Crippen LogP contribution < -0.4 is 0 Å². The number of aromatic amines is 1. The molecule has 0 saturated carbocycles. The Morgan fingerprint density at radius 1 is 1.13 bits per heavy atom. The zero-order valence-corrected chi connectivity index (χ0v) is 8.83. The number of H-pyrrole nitrogens is 1. The van der Waals surface area contributed by atoms with E-state index in [1.807, 2.05) is 6.20 Å². The van der Waals surface area contributed by atoms with Crippen LogP contribution >= 0.6 is 0 Å². The topological polar surface area (TPSA) is 28.7 Å². The monoisotopic (exact) mass is 196 g/mol. The Bertz CT molecular complexity index is 650. The Morgan fingerprint density at radius 2 is 2.00 bits per heavy atom. The molecule has 0 fully saturated rings. The van der Waals surface area contributed by atoms with E-state index in [-0.39, 0.29) is 0 Å². The molecule has 0 unspecified atom stereocenters. The Kier molecular flexibility index (Phi) is 1.60. The third-order valence-corrected chi connectivity index (χ3v) is 2.72. The summed E-state index contributed by atoms with van der Waals surface area (Å²) >= 11 is 0. The minimum atomic E-state index is 1.09. The number of rotatable bonds is 0. The summed E-state index contributed by atoms with van der Waals surface area (Å²) in [4.78, 5) is 7.83. The average Bonchev–Trinajstić information content (AvgIpc) is 2.58. The van der Waals surface area contributed by atoms with Crippen molar-refractivity contribution in [2.24, 2.45) is 0 Å². The van der Waals surface area contributed by atoms with Crippen LogP contribution in [0.4, 0.5) is 0 Å². The zero-order chi connectivity index (χ0) is 10.4. The smallest absolute Gasteiger partial charge is 0.0795 e. The third-order valence-electron chi connectivity index (χ3n) is 2.72. The minimum absolute atomic E-state index is 1.09. The molecule has 0 atom stereocenters. The van der Waals surface area contributed by atoms with Crippen LogP contribution in [0.15, 0.2) is 30.5 Å². The molecule has 2 heterocycles. The lowest BCUT2D eigenvalue weighted by Crippen LogP contribution is -1.81. The van der Waals surface area contributed by atoms with Crippen molar-refractivity contribution in [3.8, 4) is 0 Å². The van der Waals surface area contributed by atoms with Crippen molar-refractivity contribution in [1.82, 2.24) is 9.97 Å². The van der Waals surface area contributed by atoms with Crippen molar-refractivity contribution in [3.63, 3.8) is 0 Å². The van der Waals surface area contributed by atoms with Gasteiger partial charge in [0, 0.05) is 28.2 Å². The molecule has 3 rings (SSSR count). The van der Waals surface area contributed by atoms with E-state index in [4.69, 9.17) is 0 Å². The Labute approximate surface area is 88.0 Å². The first-order valence-corrected chi connectivity index (χ1v) is 5.09. The molecule has 74 valence electrons. The van der Waals surface area contributed by atoms with Gasteiger partial charge in [-0.3, -0.25) is 4.98 Å². The fourth-order valence-corrected chi connectivity index (χ4v) is 2.05. The lowest BCUT2D eigenvalue weighted by Gasteiger charge is -1.99. The van der Waals surface area contributed by atoms with Crippen molar-refractivity contribution in [2.75, 3.05) is 0 Å². The molecule has 15 heavy (non-hydrogen) atoms. The van der Waals surface area contributed by atoms with Gasteiger partial charge in [-0.05, 0) is 37.6 Å². The highest BCUT2D eigenvalue weighted by Crippen LogP contribution is 2.24. The lowest BCUT2D eigenvalue weighted by molar-refractivity contribution is 1.30. The lowest BCUT2D eigenvalue weighted by atomic mass is 10.1. The van der Waals surface area contributed by atoms with Gasteiger partial charge in [-0.25, -0.2) is 0 Å². The highest BCUT2D eigenvalue weighted by molar-refractivity contribution is 6.04. The molecule has 0 amide bonds. The first-order chi connectivity index (χ1) is 7.24. The van der Waals surface area contributed by atoms with Gasteiger partial charge in [0.1, 0.15) is 0 Å². The Hall–Kier alpha value is -1.83. The second-order valence-corrected chi connectivity index (χ2v) is 4.06. The summed E-state index contributed by atoms with van der Waals surface area (Å²) in [6.07, 6.45) is 1.92. The van der Waals surface area contributed by atoms with E-state index in [9.17, 15) is 0 Å². The van der Waals surface area contributed by atoms with Gasteiger partial charge in [-0.2, -0.15) is 0 Å². The maximum Gasteiger partial charge on any atom is 0.0795 e. The number of fused-ring (bicyclic) bond motifs is 3. The van der Waals surface area contributed by atoms with E-state index in [1.54, 1.807) is 0 Å². The molecule has 0 bridgehead atoms. The van der Waals surface area contributed by atoms with Gasteiger partial charge in [-0.1, -0.05) is 6.07 Å². The number of hydrogen-bond acceptors (Lipinski definition) is 1. The molecule has 1 N–H and O–H groups in total. The van der Waals surface area contributed by atoms with Crippen LogP contribution in [-0.2, 0) is 0 Å². The molecule has 2 aromatic heterocycles. The highest BCUT2D eigenvalue weighted by atomic mass is 14.7. The highest BCUT2D eigenvalue weighted by Gasteiger charge is 2.03. The number of hydrogen-bond donors (Lipinski definition) is 1. The van der Waals surface area contributed by atoms with Crippen LogP contribution in [0.1, 0.15) is 11.3 Å². The molecular weight excluding hydrogens is 184 g/mol. The molecule has 0 radical (unpaired) electrons. The molecule has 2 heteroatoms. The van der Waals surface area contributed by atoms with Crippen LogP contribution in [0.2, 0.25) is 0 Å². The van der Waals surface area contributed by atoms with E-state index in [2.05, 4.69) is 48.1 Å². The average molecular weight is 196 g/mol. The molecule has 2 nitrogen and oxygen atoms in total. The van der Waals surface area contributed by atoms with E-state index in [0.29, 0.717) is 0 Å². The summed E-state index contributed by atoms with van der Waals surface area (Å²) < 4.78 is 0. The molecule has 0 spiro atoms. The molecule has 3 aromatic rings. The summed E-state index contributed by atoms with van der Waals surface area (Å²) in [7, 11) is 0. The zero-order valence-electron chi connectivity index (χ0n) is 8.83. The van der Waals surface area contributed by atoms with Crippen molar-refractivity contribution < 1.29 is 0 Å². The van der Waals surface area contributed by atoms with Crippen LogP contribution in [0, 0.1) is 13.8 Å². The van der Waals surface area contributed by atoms with Crippen molar-refractivity contribution in [3.05, 3.63) is 41.7 Å². The Balaban J connectivity index is 2.53. The van der Waals surface area contributed by atoms with Crippen molar-refractivity contribution in [1.29, 1.82) is 0 Å². The first kappa shape index (κ1) is 8.48. The second kappa shape index (κ2) is 2.83. The largest absolute Gasteiger partial charge is 0.359 e. The van der Waals surface area contributed by atoms with Gasteiger partial charge in [-0.15, -0.1) is 0 Å². The van der Waals surface area contributed by atoms with Crippen molar-refractivity contribution >= 4 is 21.8 Å². The van der Waals surface area contributed by atoms with Gasteiger partial charge in [0.2, 0.25) is 0 Å². The third kappa shape index (κ3) is 1.22. The minimum Gasteiger partial charge on any atom is -0.359 e. The number of nitrogens with zero attached hydrogens (tertiary/aromatic N) is 1. The van der Waals surface area contributed by atoms with Gasteiger partial charge in [0.05, 0.1) is 5.52 Å². The van der Waals surface area contributed by atoms with Gasteiger partial charge in [0.15, 0.2) is 0 Å². The molecular formula is C13H12N2. The molecule has 0 aliphatic heterocycles. The fraction of sp³-hybridized carbons (Fsp3) is 0.154. The predicted octanol–water partition coefficient (Wildman–Crippen LogP) is 3.33. The summed E-state index contributed by atoms with van der Waals surface area (Å²) in [5, 5.41) is 2.42. The first-order valence-electron chi connectivity index (χ1n) is 5.09. The maximum absolute atomic E-state index is 4.50. The van der Waals surface area contributed by atoms with Gasteiger partial charge >= 0.3 is 0 Å². The molecule has 0 aliphatic rings. The van der Waals surface area contributed by atoms with Gasteiger partial charge < -0.3 is 4.98 Å². The van der Waals surface area contributed by atoms with Crippen molar-refractivity contribution in [2.45, 2.75) is 13.8 Å². The quantitative estimate of drug-likeness (QED) is 0.587. The standard InChI is InChI=1S/C13H12N2/c1-8-5-10-3-4-12-11(6-9(2)15-12)13(10)14-7-8/h3-7,15H,1-2H3. The van der Waals surface area contributed by atoms with E-state index >= 15 is 0 Å². The summed E-state index contributed by atoms with van der Waals surface area (Å²) in [5.41, 5.74) is 4.63. The summed E-state index contributed by atoms with van der Waals surface area (Å²) in [6, 6.07) is 8.56. The van der Waals surface area contributed by atoms with Crippen LogP contribution in [0.3, 0.4) is 0 Å². The Morgan fingerprint density at radius 3 is 2.87 bits per heavy atom. The van der Waals surface area contributed by atoms with Crippen LogP contribution in [0.25, 0.3) is 21.8 Å². The number of aryl methyl sites for hydroxylation is 2. The number of aromatic nitrogens is 2. The predicted molar refractivity (Wildman–Crippen MR) is 63.1 cm³/mol. The normalized spacial score (nSPS) is 11.3. The SMILES string of the molecule is Cc1cnc2c(ccc3[nH]c(C)cc32)c1. The summed E-state index contributed by atoms with van der Waals surface area (Å²) in [6.45, 7) is 4.14. The van der Waals surface area contributed by atoms with E-state index < -0.39 is 0 Å². The molecule has 1 aromatic carbocycles. The summed E-state index contributed by atoms with van der Waals surface area (Å²) in [5.74, 6) is 0. The van der Waals surface area contributed by atoms with E-state index in [1.165, 1.54) is 22.0 Å². The fourth-order valence-electron chi connectivity index (χ4n) is 2.05. The number of benzene rings is 1. The van der Waals surface area contributed by atoms with Crippen LogP contribution in [-0.4, -0.2) is 9.97 Å². The maximum atomic E-state index is 4.50. The number of pyridine rings is 1. The van der Waals surface area contributed by atoms with Crippen LogP contribution in [0.5, 0.6) is 0 Å². The molecule has 0 saturated heterocycles. The van der Waals surface area contributed by atoms with E-state index in [0.717, 1.165) is 11.0 Å². The molecule has 0 aliphatic carbocycles. The van der Waals surface area contributed by atoms with Gasteiger partial charge in [0.25, 0.3) is 0 Å². The second-order valence-electron chi connectivity index (χ2n) is 4.06. The number of nitrogens with one attached hydrogen (secondary N) is 1.